The lowest BCUT2D eigenvalue weighted by Gasteiger charge is -2.08. The average molecular weight is 219 g/mol. The predicted octanol–water partition coefficient (Wildman–Crippen LogP) is 0.564. The fourth-order valence-corrected chi connectivity index (χ4v) is 2.25. The van der Waals surface area contributed by atoms with E-state index in [4.69, 9.17) is 5.73 Å². The van der Waals surface area contributed by atoms with Crippen LogP contribution < -0.4 is 5.73 Å². The van der Waals surface area contributed by atoms with Crippen LogP contribution >= 0.6 is 0 Å². The number of aromatic amines is 1. The van der Waals surface area contributed by atoms with E-state index < -0.39 is 0 Å². The lowest BCUT2D eigenvalue weighted by atomic mass is 10.1. The Kier molecular flexibility index (Phi) is 2.03. The van der Waals surface area contributed by atoms with E-state index in [1.54, 1.807) is 6.33 Å². The number of rotatable bonds is 1. The summed E-state index contributed by atoms with van der Waals surface area (Å²) in [5, 5.41) is 9.49. The van der Waals surface area contributed by atoms with Gasteiger partial charge in [-0.1, -0.05) is 0 Å². The van der Waals surface area contributed by atoms with Crippen molar-refractivity contribution in [1.29, 1.82) is 0 Å². The zero-order chi connectivity index (χ0) is 11.1. The third-order valence-electron chi connectivity index (χ3n) is 3.10. The van der Waals surface area contributed by atoms with Crippen molar-refractivity contribution in [2.45, 2.75) is 31.3 Å². The number of hydrogen-bond donors (Lipinski definition) is 3. The number of nitrogen functional groups attached to an aromatic ring is 1. The van der Waals surface area contributed by atoms with Gasteiger partial charge in [0.05, 0.1) is 12.4 Å². The molecule has 3 rings (SSSR count). The fourth-order valence-electron chi connectivity index (χ4n) is 2.25. The highest BCUT2D eigenvalue weighted by molar-refractivity contribution is 5.80. The van der Waals surface area contributed by atoms with Crippen LogP contribution in [-0.4, -0.2) is 31.1 Å². The summed E-state index contributed by atoms with van der Waals surface area (Å²) in [7, 11) is 0. The summed E-state index contributed by atoms with van der Waals surface area (Å²) in [6.45, 7) is 0. The first kappa shape index (κ1) is 9.53. The average Bonchev–Trinajstić information content (AvgIpc) is 2.85. The van der Waals surface area contributed by atoms with Gasteiger partial charge in [-0.15, -0.1) is 0 Å². The van der Waals surface area contributed by atoms with Crippen LogP contribution in [-0.2, 0) is 0 Å². The minimum Gasteiger partial charge on any atom is -0.393 e. The maximum Gasteiger partial charge on any atom is 0.183 e. The monoisotopic (exact) mass is 219 g/mol. The molecule has 0 radical (unpaired) electrons. The Balaban J connectivity index is 2.04. The van der Waals surface area contributed by atoms with Crippen molar-refractivity contribution >= 4 is 17.0 Å². The maximum absolute atomic E-state index is 9.49. The number of anilines is 1. The zero-order valence-corrected chi connectivity index (χ0v) is 8.72. The van der Waals surface area contributed by atoms with Crippen LogP contribution in [0.1, 0.15) is 31.0 Å². The first-order valence-corrected chi connectivity index (χ1v) is 5.38. The third kappa shape index (κ3) is 1.42. The van der Waals surface area contributed by atoms with E-state index in [1.807, 2.05) is 0 Å². The molecule has 2 aromatic heterocycles. The van der Waals surface area contributed by atoms with Gasteiger partial charge >= 0.3 is 0 Å². The van der Waals surface area contributed by atoms with Crippen LogP contribution in [0.2, 0.25) is 0 Å². The van der Waals surface area contributed by atoms with Crippen molar-refractivity contribution in [1.82, 2.24) is 19.9 Å². The molecule has 2 unspecified atom stereocenters. The molecule has 6 heteroatoms. The van der Waals surface area contributed by atoms with Crippen LogP contribution in [0.25, 0.3) is 11.2 Å². The molecule has 0 amide bonds. The van der Waals surface area contributed by atoms with E-state index in [2.05, 4.69) is 19.9 Å². The second-order valence-corrected chi connectivity index (χ2v) is 4.23. The number of nitrogens with two attached hydrogens (primary N) is 1. The van der Waals surface area contributed by atoms with E-state index >= 15 is 0 Å². The maximum atomic E-state index is 9.49. The Morgan fingerprint density at radius 2 is 2.25 bits per heavy atom. The summed E-state index contributed by atoms with van der Waals surface area (Å²) < 4.78 is 0. The zero-order valence-electron chi connectivity index (χ0n) is 8.72. The molecule has 84 valence electrons. The van der Waals surface area contributed by atoms with E-state index in [0.29, 0.717) is 22.8 Å². The normalized spacial score (nSPS) is 25.3. The molecular weight excluding hydrogens is 206 g/mol. The number of imidazole rings is 1. The van der Waals surface area contributed by atoms with Gasteiger partial charge in [-0.2, -0.15) is 0 Å². The fraction of sp³-hybridized carbons (Fsp3) is 0.500. The molecule has 1 saturated carbocycles. The number of nitrogens with one attached hydrogen (secondary N) is 1. The molecule has 1 aliphatic carbocycles. The van der Waals surface area contributed by atoms with Crippen LogP contribution in [0.3, 0.4) is 0 Å². The first-order chi connectivity index (χ1) is 7.74. The molecule has 6 nitrogen and oxygen atoms in total. The molecule has 4 N–H and O–H groups in total. The molecule has 0 aliphatic heterocycles. The molecule has 2 heterocycles. The molecule has 0 aromatic carbocycles. The largest absolute Gasteiger partial charge is 0.393 e. The highest BCUT2D eigenvalue weighted by Crippen LogP contribution is 2.33. The lowest BCUT2D eigenvalue weighted by molar-refractivity contribution is 0.181. The molecule has 0 saturated heterocycles. The smallest absolute Gasteiger partial charge is 0.183 e. The van der Waals surface area contributed by atoms with Crippen molar-refractivity contribution < 1.29 is 5.11 Å². The van der Waals surface area contributed by atoms with Crippen LogP contribution in [0, 0.1) is 0 Å². The van der Waals surface area contributed by atoms with Crippen molar-refractivity contribution in [3.05, 3.63) is 12.2 Å². The molecule has 1 fully saturated rings. The molecule has 2 atom stereocenters. The first-order valence-electron chi connectivity index (χ1n) is 5.38. The lowest BCUT2D eigenvalue weighted by Crippen LogP contribution is -2.06. The number of H-pyrrole nitrogens is 1. The molecule has 0 bridgehead atoms. The predicted molar refractivity (Wildman–Crippen MR) is 58.7 cm³/mol. The van der Waals surface area contributed by atoms with E-state index in [9.17, 15) is 5.11 Å². The molecule has 16 heavy (non-hydrogen) atoms. The van der Waals surface area contributed by atoms with Crippen LogP contribution in [0.15, 0.2) is 6.33 Å². The molecule has 0 spiro atoms. The van der Waals surface area contributed by atoms with Crippen LogP contribution in [0.4, 0.5) is 5.82 Å². The van der Waals surface area contributed by atoms with Gasteiger partial charge in [0.25, 0.3) is 0 Å². The highest BCUT2D eigenvalue weighted by Gasteiger charge is 2.27. The topological polar surface area (TPSA) is 101 Å². The highest BCUT2D eigenvalue weighted by atomic mass is 16.3. The van der Waals surface area contributed by atoms with Gasteiger partial charge in [-0.25, -0.2) is 15.0 Å². The number of aliphatic hydroxyl groups excluding tert-OH is 1. The Bertz CT molecular complexity index is 523. The van der Waals surface area contributed by atoms with E-state index in [-0.39, 0.29) is 12.0 Å². The number of nitrogens with zero attached hydrogens (tertiary/aromatic N) is 3. The van der Waals surface area contributed by atoms with Gasteiger partial charge in [0.15, 0.2) is 11.5 Å². The third-order valence-corrected chi connectivity index (χ3v) is 3.10. The van der Waals surface area contributed by atoms with Gasteiger partial charge in [0, 0.05) is 5.92 Å². The standard InChI is InChI=1S/C10H13N5O/c11-8-7-10(13-4-12-7)15-9(14-8)5-1-2-6(16)3-5/h4-6,16H,1-3H2,(H3,11,12,13,14,15). The summed E-state index contributed by atoms with van der Waals surface area (Å²) in [4.78, 5) is 15.6. The van der Waals surface area contributed by atoms with Crippen molar-refractivity contribution in [3.8, 4) is 0 Å². The van der Waals surface area contributed by atoms with Gasteiger partial charge < -0.3 is 15.8 Å². The number of fused-ring (bicyclic) bond motifs is 1. The molecular formula is C10H13N5O. The van der Waals surface area contributed by atoms with E-state index in [1.165, 1.54) is 0 Å². The minimum atomic E-state index is -0.232. The SMILES string of the molecule is Nc1nc(C2CCC(O)C2)nc2nc[nH]c12. The Morgan fingerprint density at radius 3 is 3.00 bits per heavy atom. The number of hydrogen-bond acceptors (Lipinski definition) is 5. The number of aliphatic hydroxyl groups is 1. The van der Waals surface area contributed by atoms with Gasteiger partial charge in [-0.05, 0) is 19.3 Å². The second-order valence-electron chi connectivity index (χ2n) is 4.23. The molecule has 1 aliphatic rings. The summed E-state index contributed by atoms with van der Waals surface area (Å²) in [5.41, 5.74) is 7.10. The Hall–Kier alpha value is -1.69. The summed E-state index contributed by atoms with van der Waals surface area (Å²) in [6, 6.07) is 0. The number of aromatic nitrogens is 4. The van der Waals surface area contributed by atoms with Crippen molar-refractivity contribution in [2.24, 2.45) is 0 Å². The minimum absolute atomic E-state index is 0.207. The van der Waals surface area contributed by atoms with Gasteiger partial charge in [0.1, 0.15) is 11.3 Å². The quantitative estimate of drug-likeness (QED) is 0.650. The van der Waals surface area contributed by atoms with Gasteiger partial charge in [0.2, 0.25) is 0 Å². The summed E-state index contributed by atoms with van der Waals surface area (Å²) in [6.07, 6.45) is 3.77. The summed E-state index contributed by atoms with van der Waals surface area (Å²) >= 11 is 0. The summed E-state index contributed by atoms with van der Waals surface area (Å²) in [5.74, 6) is 1.34. The van der Waals surface area contributed by atoms with Crippen LogP contribution in [0.5, 0.6) is 0 Å². The Morgan fingerprint density at radius 1 is 1.38 bits per heavy atom. The van der Waals surface area contributed by atoms with Gasteiger partial charge in [-0.3, -0.25) is 0 Å². The Labute approximate surface area is 91.9 Å². The van der Waals surface area contributed by atoms with Crippen molar-refractivity contribution in [3.63, 3.8) is 0 Å². The van der Waals surface area contributed by atoms with E-state index in [0.717, 1.165) is 19.3 Å². The molecule has 2 aromatic rings. The second kappa shape index (κ2) is 3.41. The van der Waals surface area contributed by atoms with Crippen molar-refractivity contribution in [2.75, 3.05) is 5.73 Å².